The van der Waals surface area contributed by atoms with Gasteiger partial charge in [0.15, 0.2) is 0 Å². The zero-order valence-corrected chi connectivity index (χ0v) is 13.9. The number of imide groups is 1. The lowest BCUT2D eigenvalue weighted by Crippen LogP contribution is -2.52. The first kappa shape index (κ1) is 16.2. The van der Waals surface area contributed by atoms with Crippen molar-refractivity contribution in [1.29, 1.82) is 0 Å². The zero-order valence-electron chi connectivity index (χ0n) is 13.9. The molecule has 3 aliphatic heterocycles. The van der Waals surface area contributed by atoms with Gasteiger partial charge in [0.1, 0.15) is 5.82 Å². The number of hydrogen-bond acceptors (Lipinski definition) is 4. The Kier molecular flexibility index (Phi) is 4.03. The molecule has 0 bridgehead atoms. The molecular formula is C18H20FN3O3. The summed E-state index contributed by atoms with van der Waals surface area (Å²) < 4.78 is 15.1. The average molecular weight is 345 g/mol. The van der Waals surface area contributed by atoms with Crippen LogP contribution in [-0.2, 0) is 16.1 Å². The lowest BCUT2D eigenvalue weighted by atomic mass is 9.88. The molecule has 0 atom stereocenters. The van der Waals surface area contributed by atoms with Gasteiger partial charge in [-0.05, 0) is 49.9 Å². The van der Waals surface area contributed by atoms with Crippen molar-refractivity contribution in [2.75, 3.05) is 13.1 Å². The van der Waals surface area contributed by atoms with Crippen molar-refractivity contribution in [2.45, 2.75) is 44.6 Å². The van der Waals surface area contributed by atoms with Gasteiger partial charge < -0.3 is 5.32 Å². The van der Waals surface area contributed by atoms with Crippen LogP contribution in [0.1, 0.15) is 59.5 Å². The number of halogens is 1. The van der Waals surface area contributed by atoms with Crippen LogP contribution < -0.4 is 5.32 Å². The molecule has 4 rings (SSSR count). The van der Waals surface area contributed by atoms with E-state index in [2.05, 4.69) is 5.32 Å². The fourth-order valence-corrected chi connectivity index (χ4v) is 3.98. The van der Waals surface area contributed by atoms with Gasteiger partial charge in [0.05, 0.1) is 6.54 Å². The van der Waals surface area contributed by atoms with E-state index in [1.807, 2.05) is 0 Å². The van der Waals surface area contributed by atoms with Crippen LogP contribution >= 0.6 is 0 Å². The van der Waals surface area contributed by atoms with Crippen LogP contribution in [0.4, 0.5) is 4.39 Å². The molecule has 0 saturated carbocycles. The van der Waals surface area contributed by atoms with Crippen LogP contribution in [0.3, 0.4) is 0 Å². The van der Waals surface area contributed by atoms with E-state index in [1.54, 1.807) is 12.1 Å². The van der Waals surface area contributed by atoms with E-state index < -0.39 is 17.7 Å². The van der Waals surface area contributed by atoms with E-state index in [9.17, 15) is 14.4 Å². The molecule has 0 radical (unpaired) electrons. The Bertz CT molecular complexity index is 742. The lowest BCUT2D eigenvalue weighted by molar-refractivity contribution is -0.163. The standard InChI is InChI=1S/C18H20FN3O3/c19-17-12(11-6-8-20-9-7-11)4-5-13-14(17)10-21(18(13)25)22-15(23)2-1-3-16(22)24/h4-5,11,20H,1-3,6-10H2. The quantitative estimate of drug-likeness (QED) is 0.829. The lowest BCUT2D eigenvalue weighted by Gasteiger charge is -2.32. The molecule has 0 aromatic heterocycles. The van der Waals surface area contributed by atoms with E-state index in [-0.39, 0.29) is 36.7 Å². The summed E-state index contributed by atoms with van der Waals surface area (Å²) in [5.41, 5.74) is 1.18. The number of benzene rings is 1. The molecule has 132 valence electrons. The van der Waals surface area contributed by atoms with Gasteiger partial charge in [-0.3, -0.25) is 14.4 Å². The Labute approximate surface area is 144 Å². The maximum atomic E-state index is 15.1. The van der Waals surface area contributed by atoms with E-state index in [1.165, 1.54) is 0 Å². The average Bonchev–Trinajstić information content (AvgIpc) is 2.94. The van der Waals surface area contributed by atoms with Crippen molar-refractivity contribution >= 4 is 17.7 Å². The molecule has 1 aromatic carbocycles. The largest absolute Gasteiger partial charge is 0.317 e. The molecule has 25 heavy (non-hydrogen) atoms. The van der Waals surface area contributed by atoms with Gasteiger partial charge in [0.25, 0.3) is 5.91 Å². The summed E-state index contributed by atoms with van der Waals surface area (Å²) in [5.74, 6) is -1.49. The summed E-state index contributed by atoms with van der Waals surface area (Å²) in [4.78, 5) is 36.8. The van der Waals surface area contributed by atoms with Crippen LogP contribution in [0.25, 0.3) is 0 Å². The molecule has 7 heteroatoms. The summed E-state index contributed by atoms with van der Waals surface area (Å²) in [5, 5.41) is 5.27. The predicted molar refractivity (Wildman–Crippen MR) is 86.8 cm³/mol. The Morgan fingerprint density at radius 1 is 1.04 bits per heavy atom. The number of hydrazine groups is 1. The molecule has 0 spiro atoms. The van der Waals surface area contributed by atoms with E-state index in [4.69, 9.17) is 0 Å². The molecule has 2 saturated heterocycles. The van der Waals surface area contributed by atoms with Crippen LogP contribution in [0, 0.1) is 5.82 Å². The molecular weight excluding hydrogens is 325 g/mol. The number of piperidine rings is 2. The SMILES string of the molecule is O=C1c2ccc(C3CCNCC3)c(F)c2CN1N1C(=O)CCCC1=O. The summed E-state index contributed by atoms with van der Waals surface area (Å²) >= 11 is 0. The molecule has 1 aromatic rings. The molecule has 2 fully saturated rings. The Morgan fingerprint density at radius 3 is 2.40 bits per heavy atom. The monoisotopic (exact) mass is 345 g/mol. The number of nitrogens with zero attached hydrogens (tertiary/aromatic N) is 2. The number of nitrogens with one attached hydrogen (secondary N) is 1. The minimum atomic E-state index is -0.477. The molecule has 6 nitrogen and oxygen atoms in total. The second-order valence-corrected chi connectivity index (χ2v) is 6.83. The van der Waals surface area contributed by atoms with Gasteiger partial charge >= 0.3 is 0 Å². The normalized spacial score (nSPS) is 21.9. The fraction of sp³-hybridized carbons (Fsp3) is 0.500. The highest BCUT2D eigenvalue weighted by Crippen LogP contribution is 2.35. The van der Waals surface area contributed by atoms with E-state index in [0.29, 0.717) is 17.5 Å². The molecule has 3 aliphatic rings. The summed E-state index contributed by atoms with van der Waals surface area (Å²) in [6, 6.07) is 3.32. The van der Waals surface area contributed by atoms with Gasteiger partial charge in [-0.1, -0.05) is 6.07 Å². The van der Waals surface area contributed by atoms with Gasteiger partial charge in [0, 0.05) is 24.0 Å². The summed E-state index contributed by atoms with van der Waals surface area (Å²) in [6.07, 6.45) is 2.67. The predicted octanol–water partition coefficient (Wildman–Crippen LogP) is 1.70. The zero-order chi connectivity index (χ0) is 17.6. The van der Waals surface area contributed by atoms with E-state index in [0.717, 1.165) is 35.9 Å². The minimum Gasteiger partial charge on any atom is -0.317 e. The fourth-order valence-electron chi connectivity index (χ4n) is 3.98. The third-order valence-corrected chi connectivity index (χ3v) is 5.32. The highest BCUT2D eigenvalue weighted by Gasteiger charge is 2.41. The number of amides is 3. The first-order valence-electron chi connectivity index (χ1n) is 8.77. The first-order valence-corrected chi connectivity index (χ1v) is 8.77. The second-order valence-electron chi connectivity index (χ2n) is 6.83. The van der Waals surface area contributed by atoms with Crippen molar-refractivity contribution < 1.29 is 18.8 Å². The van der Waals surface area contributed by atoms with Gasteiger partial charge in [0.2, 0.25) is 11.8 Å². The molecule has 0 unspecified atom stereocenters. The highest BCUT2D eigenvalue weighted by molar-refractivity contribution is 6.04. The van der Waals surface area contributed by atoms with Crippen LogP contribution in [0.5, 0.6) is 0 Å². The van der Waals surface area contributed by atoms with Crippen molar-refractivity contribution in [2.24, 2.45) is 0 Å². The second kappa shape index (κ2) is 6.22. The summed E-state index contributed by atoms with van der Waals surface area (Å²) in [6.45, 7) is 1.64. The third kappa shape index (κ3) is 2.63. The highest BCUT2D eigenvalue weighted by atomic mass is 19.1. The number of rotatable bonds is 2. The number of hydrogen-bond donors (Lipinski definition) is 1. The third-order valence-electron chi connectivity index (χ3n) is 5.32. The van der Waals surface area contributed by atoms with Crippen molar-refractivity contribution in [3.8, 4) is 0 Å². The maximum Gasteiger partial charge on any atom is 0.273 e. The molecule has 3 heterocycles. The Balaban J connectivity index is 1.66. The van der Waals surface area contributed by atoms with E-state index >= 15 is 4.39 Å². The minimum absolute atomic E-state index is 0.0592. The van der Waals surface area contributed by atoms with Crippen molar-refractivity contribution in [3.63, 3.8) is 0 Å². The van der Waals surface area contributed by atoms with Crippen LogP contribution in [0.2, 0.25) is 0 Å². The van der Waals surface area contributed by atoms with Gasteiger partial charge in [-0.15, -0.1) is 0 Å². The van der Waals surface area contributed by atoms with Gasteiger partial charge in [-0.2, -0.15) is 5.01 Å². The van der Waals surface area contributed by atoms with Crippen LogP contribution in [0.15, 0.2) is 12.1 Å². The smallest absolute Gasteiger partial charge is 0.273 e. The topological polar surface area (TPSA) is 69.7 Å². The number of carbonyl (C=O) groups is 3. The molecule has 3 amide bonds. The summed E-state index contributed by atoms with van der Waals surface area (Å²) in [7, 11) is 0. The Morgan fingerprint density at radius 2 is 1.72 bits per heavy atom. The number of carbonyl (C=O) groups excluding carboxylic acids is 3. The molecule has 0 aliphatic carbocycles. The van der Waals surface area contributed by atoms with Crippen molar-refractivity contribution in [1.82, 2.24) is 15.3 Å². The van der Waals surface area contributed by atoms with Gasteiger partial charge in [-0.25, -0.2) is 9.40 Å². The van der Waals surface area contributed by atoms with Crippen LogP contribution in [-0.4, -0.2) is 40.8 Å². The maximum absolute atomic E-state index is 15.1. The molecule has 1 N–H and O–H groups in total. The van der Waals surface area contributed by atoms with Crippen molar-refractivity contribution in [3.05, 3.63) is 34.6 Å². The Hall–Kier alpha value is -2.28. The number of fused-ring (bicyclic) bond motifs is 1. The first-order chi connectivity index (χ1) is 12.1.